The number of aromatic nitrogens is 1. The van der Waals surface area contributed by atoms with Crippen LogP contribution < -0.4 is 19.5 Å². The molecule has 0 radical (unpaired) electrons. The lowest BCUT2D eigenvalue weighted by Crippen LogP contribution is -2.24. The Hall–Kier alpha value is -3.32. The third-order valence-corrected chi connectivity index (χ3v) is 5.46. The second-order valence-corrected chi connectivity index (χ2v) is 7.35. The van der Waals surface area contributed by atoms with Gasteiger partial charge in [-0.3, -0.25) is 4.79 Å². The molecule has 0 aliphatic carbocycles. The molecule has 1 atom stereocenters. The van der Waals surface area contributed by atoms with Crippen LogP contribution in [0.1, 0.15) is 23.5 Å². The van der Waals surface area contributed by atoms with Gasteiger partial charge in [-0.25, -0.2) is 4.98 Å². The van der Waals surface area contributed by atoms with E-state index < -0.39 is 0 Å². The number of thiazole rings is 1. The number of benzene rings is 2. The average Bonchev–Trinajstić information content (AvgIpc) is 3.28. The Kier molecular flexibility index (Phi) is 7.08. The number of ether oxygens (including phenoxy) is 3. The van der Waals surface area contributed by atoms with Gasteiger partial charge in [0.05, 0.1) is 33.1 Å². The van der Waals surface area contributed by atoms with Gasteiger partial charge in [0, 0.05) is 17.0 Å². The summed E-state index contributed by atoms with van der Waals surface area (Å²) in [5.41, 5.74) is 2.72. The van der Waals surface area contributed by atoms with E-state index in [1.165, 1.54) is 17.4 Å². The number of hydrogen-bond acceptors (Lipinski definition) is 6. The smallest absolute Gasteiger partial charge is 0.244 e. The molecule has 0 aliphatic rings. The topological polar surface area (TPSA) is 69.7 Å². The second-order valence-electron chi connectivity index (χ2n) is 6.46. The van der Waals surface area contributed by atoms with Crippen LogP contribution in [0.15, 0.2) is 53.9 Å². The zero-order valence-corrected chi connectivity index (χ0v) is 18.2. The van der Waals surface area contributed by atoms with Crippen LogP contribution in [-0.2, 0) is 4.79 Å². The van der Waals surface area contributed by atoms with Crippen molar-refractivity contribution in [2.45, 2.75) is 13.0 Å². The average molecular weight is 425 g/mol. The third kappa shape index (κ3) is 4.99. The highest BCUT2D eigenvalue weighted by molar-refractivity contribution is 7.10. The molecule has 7 heteroatoms. The lowest BCUT2D eigenvalue weighted by atomic mass is 10.1. The molecule has 1 unspecified atom stereocenters. The Morgan fingerprint density at radius 1 is 1.07 bits per heavy atom. The standard InChI is InChI=1S/C23H24N2O4S/c1-15(23-25-18(14-30-23)17-8-6-5-7-9-17)24-21(26)11-10-16-12-19(27-2)22(29-4)20(13-16)28-3/h5-15H,1-4H3,(H,24,26). The van der Waals surface area contributed by atoms with Crippen LogP contribution >= 0.6 is 11.3 Å². The van der Waals surface area contributed by atoms with Gasteiger partial charge < -0.3 is 19.5 Å². The number of amides is 1. The van der Waals surface area contributed by atoms with Crippen LogP contribution in [0.2, 0.25) is 0 Å². The zero-order valence-electron chi connectivity index (χ0n) is 17.3. The van der Waals surface area contributed by atoms with E-state index in [1.54, 1.807) is 39.5 Å². The highest BCUT2D eigenvalue weighted by Gasteiger charge is 2.14. The van der Waals surface area contributed by atoms with Crippen LogP contribution in [0.25, 0.3) is 17.3 Å². The van der Waals surface area contributed by atoms with Gasteiger partial charge in [0.2, 0.25) is 11.7 Å². The van der Waals surface area contributed by atoms with E-state index in [-0.39, 0.29) is 11.9 Å². The molecule has 6 nitrogen and oxygen atoms in total. The van der Waals surface area contributed by atoms with Gasteiger partial charge in [-0.1, -0.05) is 30.3 Å². The van der Waals surface area contributed by atoms with E-state index in [1.807, 2.05) is 42.6 Å². The third-order valence-electron chi connectivity index (χ3n) is 4.43. The van der Waals surface area contributed by atoms with Gasteiger partial charge in [-0.2, -0.15) is 0 Å². The molecular formula is C23H24N2O4S. The van der Waals surface area contributed by atoms with Crippen molar-refractivity contribution in [3.63, 3.8) is 0 Å². The maximum absolute atomic E-state index is 12.4. The van der Waals surface area contributed by atoms with E-state index in [9.17, 15) is 4.79 Å². The largest absolute Gasteiger partial charge is 0.493 e. The van der Waals surface area contributed by atoms with Gasteiger partial charge in [-0.15, -0.1) is 11.3 Å². The van der Waals surface area contributed by atoms with Crippen molar-refractivity contribution in [1.82, 2.24) is 10.3 Å². The molecule has 3 aromatic rings. The second kappa shape index (κ2) is 9.93. The summed E-state index contributed by atoms with van der Waals surface area (Å²) in [6.45, 7) is 1.92. The van der Waals surface area contributed by atoms with Crippen molar-refractivity contribution in [3.05, 3.63) is 64.5 Å². The molecule has 2 aromatic carbocycles. The predicted molar refractivity (Wildman–Crippen MR) is 119 cm³/mol. The quantitative estimate of drug-likeness (QED) is 0.530. The molecule has 1 N–H and O–H groups in total. The Bertz CT molecular complexity index is 1010. The molecule has 0 bridgehead atoms. The number of carbonyl (C=O) groups is 1. The van der Waals surface area contributed by atoms with Crippen molar-refractivity contribution >= 4 is 23.3 Å². The number of rotatable bonds is 8. The van der Waals surface area contributed by atoms with E-state index in [0.717, 1.165) is 21.8 Å². The highest BCUT2D eigenvalue weighted by atomic mass is 32.1. The lowest BCUT2D eigenvalue weighted by molar-refractivity contribution is -0.117. The number of hydrogen-bond donors (Lipinski definition) is 1. The Morgan fingerprint density at radius 2 is 1.73 bits per heavy atom. The summed E-state index contributed by atoms with van der Waals surface area (Å²) in [5.74, 6) is 1.35. The first-order valence-electron chi connectivity index (χ1n) is 9.35. The number of nitrogens with one attached hydrogen (secondary N) is 1. The lowest BCUT2D eigenvalue weighted by Gasteiger charge is -2.13. The van der Waals surface area contributed by atoms with Crippen LogP contribution in [0.5, 0.6) is 17.2 Å². The zero-order chi connectivity index (χ0) is 21.5. The van der Waals surface area contributed by atoms with Crippen molar-refractivity contribution in [2.75, 3.05) is 21.3 Å². The fourth-order valence-corrected chi connectivity index (χ4v) is 3.76. The van der Waals surface area contributed by atoms with Crippen molar-refractivity contribution in [1.29, 1.82) is 0 Å². The van der Waals surface area contributed by atoms with E-state index in [0.29, 0.717) is 17.2 Å². The van der Waals surface area contributed by atoms with Gasteiger partial charge in [0.15, 0.2) is 11.5 Å². The summed E-state index contributed by atoms with van der Waals surface area (Å²) in [5, 5.41) is 5.80. The normalized spacial score (nSPS) is 11.9. The first-order valence-corrected chi connectivity index (χ1v) is 10.2. The summed E-state index contributed by atoms with van der Waals surface area (Å²) in [4.78, 5) is 17.0. The Labute approximate surface area is 180 Å². The van der Waals surface area contributed by atoms with E-state index in [4.69, 9.17) is 14.2 Å². The molecule has 0 saturated heterocycles. The number of methoxy groups -OCH3 is 3. The molecule has 0 spiro atoms. The first-order chi connectivity index (χ1) is 14.5. The molecule has 1 aromatic heterocycles. The molecule has 0 aliphatic heterocycles. The number of nitrogens with zero attached hydrogens (tertiary/aromatic N) is 1. The summed E-state index contributed by atoms with van der Waals surface area (Å²) in [6.07, 6.45) is 3.17. The van der Waals surface area contributed by atoms with Crippen molar-refractivity contribution in [3.8, 4) is 28.5 Å². The fourth-order valence-electron chi connectivity index (χ4n) is 2.92. The van der Waals surface area contributed by atoms with Gasteiger partial charge >= 0.3 is 0 Å². The monoisotopic (exact) mass is 424 g/mol. The first kappa shape index (κ1) is 21.4. The molecule has 156 valence electrons. The Morgan fingerprint density at radius 3 is 2.33 bits per heavy atom. The van der Waals surface area contributed by atoms with Gasteiger partial charge in [0.1, 0.15) is 5.01 Å². The molecule has 1 amide bonds. The molecule has 3 rings (SSSR count). The Balaban J connectivity index is 1.68. The molecule has 0 saturated carbocycles. The maximum atomic E-state index is 12.4. The van der Waals surface area contributed by atoms with Crippen molar-refractivity contribution in [2.24, 2.45) is 0 Å². The van der Waals surface area contributed by atoms with Crippen LogP contribution in [0, 0.1) is 0 Å². The SMILES string of the molecule is COc1cc(C=CC(=O)NC(C)c2nc(-c3ccccc3)cs2)cc(OC)c1OC. The summed E-state index contributed by atoms with van der Waals surface area (Å²) >= 11 is 1.53. The van der Waals surface area contributed by atoms with Crippen LogP contribution in [0.4, 0.5) is 0 Å². The maximum Gasteiger partial charge on any atom is 0.244 e. The summed E-state index contributed by atoms with van der Waals surface area (Å²) < 4.78 is 16.0. The minimum Gasteiger partial charge on any atom is -0.493 e. The van der Waals surface area contributed by atoms with E-state index in [2.05, 4.69) is 10.3 Å². The van der Waals surface area contributed by atoms with Crippen LogP contribution in [-0.4, -0.2) is 32.2 Å². The number of carbonyl (C=O) groups excluding carboxylic acids is 1. The molecule has 30 heavy (non-hydrogen) atoms. The highest BCUT2D eigenvalue weighted by Crippen LogP contribution is 2.38. The van der Waals surface area contributed by atoms with Crippen molar-refractivity contribution < 1.29 is 19.0 Å². The molecule has 1 heterocycles. The molecular weight excluding hydrogens is 400 g/mol. The summed E-state index contributed by atoms with van der Waals surface area (Å²) in [6, 6.07) is 13.3. The fraction of sp³-hybridized carbons (Fsp3) is 0.217. The molecule has 0 fully saturated rings. The van der Waals surface area contributed by atoms with E-state index >= 15 is 0 Å². The minimum absolute atomic E-state index is 0.204. The van der Waals surface area contributed by atoms with Gasteiger partial charge in [-0.05, 0) is 30.7 Å². The van der Waals surface area contributed by atoms with Crippen LogP contribution in [0.3, 0.4) is 0 Å². The summed E-state index contributed by atoms with van der Waals surface area (Å²) in [7, 11) is 4.65. The predicted octanol–water partition coefficient (Wildman–Crippen LogP) is 4.73. The van der Waals surface area contributed by atoms with Gasteiger partial charge in [0.25, 0.3) is 0 Å². The minimum atomic E-state index is -0.215.